The van der Waals surface area contributed by atoms with E-state index in [1.807, 2.05) is 31.2 Å². The Bertz CT molecular complexity index is 1080. The third kappa shape index (κ3) is 5.63. The van der Waals surface area contributed by atoms with E-state index >= 15 is 0 Å². The number of rotatable bonds is 6. The van der Waals surface area contributed by atoms with Crippen LogP contribution < -0.4 is 5.32 Å². The summed E-state index contributed by atoms with van der Waals surface area (Å²) in [4.78, 5) is 26.9. The second-order valence-corrected chi connectivity index (χ2v) is 11.5. The third-order valence-electron chi connectivity index (χ3n) is 6.13. The fourth-order valence-corrected chi connectivity index (χ4v) is 6.81. The molecule has 2 saturated heterocycles. The maximum absolute atomic E-state index is 13.1. The van der Waals surface area contributed by atoms with Crippen LogP contribution in [-0.4, -0.2) is 68.8 Å². The smallest absolute Gasteiger partial charge is 0.254 e. The number of ether oxygens (including phenoxy) is 1. The van der Waals surface area contributed by atoms with Crippen LogP contribution in [0.1, 0.15) is 34.3 Å². The number of morpholine rings is 1. The lowest BCUT2D eigenvalue weighted by Gasteiger charge is -2.30. The number of piperidine rings is 1. The van der Waals surface area contributed by atoms with E-state index in [0.29, 0.717) is 51.3 Å². The Morgan fingerprint density at radius 3 is 2.42 bits per heavy atom. The molecule has 4 rings (SSSR count). The quantitative estimate of drug-likeness (QED) is 0.669. The molecule has 10 heteroatoms. The van der Waals surface area contributed by atoms with Crippen molar-refractivity contribution in [3.8, 4) is 0 Å². The molecule has 0 saturated carbocycles. The highest BCUT2D eigenvalue weighted by Gasteiger charge is 2.33. The van der Waals surface area contributed by atoms with E-state index in [4.69, 9.17) is 4.74 Å². The van der Waals surface area contributed by atoms with Crippen LogP contribution in [-0.2, 0) is 26.1 Å². The maximum atomic E-state index is 13.1. The minimum absolute atomic E-state index is 0.0397. The van der Waals surface area contributed by atoms with E-state index in [9.17, 15) is 18.0 Å². The summed E-state index contributed by atoms with van der Waals surface area (Å²) in [6.07, 6.45) is 0.952. The fourth-order valence-electron chi connectivity index (χ4n) is 4.04. The van der Waals surface area contributed by atoms with Gasteiger partial charge in [0, 0.05) is 44.0 Å². The summed E-state index contributed by atoms with van der Waals surface area (Å²) < 4.78 is 33.1. The van der Waals surface area contributed by atoms with Crippen molar-refractivity contribution in [2.75, 3.05) is 39.4 Å². The molecule has 0 unspecified atom stereocenters. The number of benzene rings is 1. The van der Waals surface area contributed by atoms with Crippen LogP contribution in [0.5, 0.6) is 0 Å². The predicted octanol–water partition coefficient (Wildman–Crippen LogP) is 2.25. The van der Waals surface area contributed by atoms with Crippen molar-refractivity contribution >= 4 is 33.2 Å². The lowest BCUT2D eigenvalue weighted by Crippen LogP contribution is -2.42. The molecule has 2 amide bonds. The van der Waals surface area contributed by atoms with Gasteiger partial charge in [-0.15, -0.1) is 11.3 Å². The van der Waals surface area contributed by atoms with E-state index < -0.39 is 10.0 Å². The summed E-state index contributed by atoms with van der Waals surface area (Å²) in [5.74, 6) is -0.411. The zero-order valence-corrected chi connectivity index (χ0v) is 20.3. The molecule has 2 aliphatic rings. The van der Waals surface area contributed by atoms with Crippen molar-refractivity contribution in [1.82, 2.24) is 14.5 Å². The average Bonchev–Trinajstić information content (AvgIpc) is 3.35. The van der Waals surface area contributed by atoms with Crippen LogP contribution in [0.15, 0.2) is 39.9 Å². The van der Waals surface area contributed by atoms with Gasteiger partial charge >= 0.3 is 0 Å². The normalized spacial score (nSPS) is 18.3. The first kappa shape index (κ1) is 23.9. The number of thiophene rings is 1. The van der Waals surface area contributed by atoms with E-state index in [0.717, 1.165) is 16.9 Å². The van der Waals surface area contributed by atoms with E-state index in [2.05, 4.69) is 5.32 Å². The minimum atomic E-state index is -3.69. The van der Waals surface area contributed by atoms with Crippen molar-refractivity contribution in [1.29, 1.82) is 0 Å². The van der Waals surface area contributed by atoms with Crippen LogP contribution in [0.4, 0.5) is 0 Å². The molecular weight excluding hydrogens is 462 g/mol. The van der Waals surface area contributed by atoms with Crippen molar-refractivity contribution in [2.24, 2.45) is 5.92 Å². The highest BCUT2D eigenvalue weighted by atomic mass is 32.2. The Morgan fingerprint density at radius 2 is 1.76 bits per heavy atom. The summed E-state index contributed by atoms with van der Waals surface area (Å²) in [5.41, 5.74) is 2.60. The van der Waals surface area contributed by atoms with Gasteiger partial charge in [0.25, 0.3) is 15.9 Å². The number of aryl methyl sites for hydroxylation is 1. The molecule has 1 aromatic carbocycles. The van der Waals surface area contributed by atoms with Gasteiger partial charge in [-0.2, -0.15) is 4.31 Å². The van der Waals surface area contributed by atoms with Crippen molar-refractivity contribution in [3.05, 3.63) is 52.4 Å². The lowest BCUT2D eigenvalue weighted by atomic mass is 9.97. The fraction of sp³-hybridized carbons (Fsp3) is 0.478. The third-order valence-corrected chi connectivity index (χ3v) is 9.44. The Hall–Kier alpha value is -2.27. The second kappa shape index (κ2) is 10.3. The molecule has 0 atom stereocenters. The molecule has 33 heavy (non-hydrogen) atoms. The molecule has 0 aliphatic carbocycles. The molecule has 0 bridgehead atoms. The number of amides is 2. The van der Waals surface area contributed by atoms with Crippen molar-refractivity contribution in [2.45, 2.75) is 30.5 Å². The number of carbonyl (C=O) groups is 2. The summed E-state index contributed by atoms with van der Waals surface area (Å²) in [5, 5.41) is 4.57. The minimum Gasteiger partial charge on any atom is -0.378 e. The first-order valence-corrected chi connectivity index (χ1v) is 13.5. The summed E-state index contributed by atoms with van der Waals surface area (Å²) >= 11 is 1.07. The Kier molecular flexibility index (Phi) is 7.48. The second-order valence-electron chi connectivity index (χ2n) is 8.44. The average molecular weight is 492 g/mol. The number of carbonyl (C=O) groups excluding carboxylic acids is 2. The van der Waals surface area contributed by atoms with Gasteiger partial charge in [0.05, 0.1) is 18.8 Å². The number of sulfonamides is 1. The van der Waals surface area contributed by atoms with Crippen LogP contribution in [0.2, 0.25) is 0 Å². The van der Waals surface area contributed by atoms with Gasteiger partial charge < -0.3 is 15.0 Å². The predicted molar refractivity (Wildman–Crippen MR) is 126 cm³/mol. The monoisotopic (exact) mass is 491 g/mol. The van der Waals surface area contributed by atoms with Crippen molar-refractivity contribution in [3.63, 3.8) is 0 Å². The van der Waals surface area contributed by atoms with Crippen LogP contribution in [0.3, 0.4) is 0 Å². The van der Waals surface area contributed by atoms with E-state index in [1.54, 1.807) is 10.3 Å². The lowest BCUT2D eigenvalue weighted by molar-refractivity contribution is -0.126. The van der Waals surface area contributed by atoms with Gasteiger partial charge in [0.2, 0.25) is 5.91 Å². The van der Waals surface area contributed by atoms with Gasteiger partial charge in [-0.25, -0.2) is 8.42 Å². The van der Waals surface area contributed by atoms with Crippen LogP contribution >= 0.6 is 11.3 Å². The Labute approximate surface area is 198 Å². The first-order valence-electron chi connectivity index (χ1n) is 11.1. The van der Waals surface area contributed by atoms with Gasteiger partial charge in [-0.05, 0) is 31.4 Å². The van der Waals surface area contributed by atoms with Gasteiger partial charge in [0.1, 0.15) is 4.21 Å². The van der Waals surface area contributed by atoms with Gasteiger partial charge in [-0.1, -0.05) is 29.8 Å². The Balaban J connectivity index is 1.31. The molecule has 2 aliphatic heterocycles. The van der Waals surface area contributed by atoms with Crippen LogP contribution in [0.25, 0.3) is 0 Å². The molecule has 3 heterocycles. The maximum Gasteiger partial charge on any atom is 0.254 e. The molecule has 2 aromatic rings. The summed E-state index contributed by atoms with van der Waals surface area (Å²) in [6, 6.07) is 9.47. The first-order chi connectivity index (χ1) is 15.8. The SMILES string of the molecule is Cc1ccc(CNC(=O)C2CCN(S(=O)(=O)c3cc(C(=O)N4CCOCC4)cs3)CC2)cc1. The van der Waals surface area contributed by atoms with Crippen LogP contribution in [0, 0.1) is 12.8 Å². The molecule has 8 nitrogen and oxygen atoms in total. The number of hydrogen-bond donors (Lipinski definition) is 1. The zero-order valence-electron chi connectivity index (χ0n) is 18.7. The molecule has 1 aromatic heterocycles. The molecule has 0 radical (unpaired) electrons. The van der Waals surface area contributed by atoms with E-state index in [1.165, 1.54) is 15.9 Å². The zero-order chi connectivity index (χ0) is 23.4. The topological polar surface area (TPSA) is 96.0 Å². The van der Waals surface area contributed by atoms with Gasteiger partial charge in [0.15, 0.2) is 0 Å². The van der Waals surface area contributed by atoms with Crippen molar-refractivity contribution < 1.29 is 22.7 Å². The number of nitrogens with one attached hydrogen (secondary N) is 1. The molecular formula is C23H29N3O5S2. The molecule has 0 spiro atoms. The molecule has 1 N–H and O–H groups in total. The largest absolute Gasteiger partial charge is 0.378 e. The number of hydrogen-bond acceptors (Lipinski definition) is 6. The molecule has 2 fully saturated rings. The highest BCUT2D eigenvalue weighted by Crippen LogP contribution is 2.28. The van der Waals surface area contributed by atoms with Gasteiger partial charge in [-0.3, -0.25) is 9.59 Å². The number of nitrogens with zero attached hydrogens (tertiary/aromatic N) is 2. The summed E-state index contributed by atoms with van der Waals surface area (Å²) in [6.45, 7) is 5.07. The standard InChI is InChI=1S/C23H29N3O5S2/c1-17-2-4-18(5-3-17)15-24-22(27)19-6-8-26(9-7-19)33(29,30)21-14-20(16-32-21)23(28)25-10-12-31-13-11-25/h2-5,14,16,19H,6-13,15H2,1H3,(H,24,27). The van der Waals surface area contributed by atoms with E-state index in [-0.39, 0.29) is 35.0 Å². The Morgan fingerprint density at radius 1 is 1.09 bits per heavy atom. The highest BCUT2D eigenvalue weighted by molar-refractivity contribution is 7.91. The summed E-state index contributed by atoms with van der Waals surface area (Å²) in [7, 11) is -3.69. The molecule has 178 valence electrons.